The van der Waals surface area contributed by atoms with Crippen molar-refractivity contribution in [2.45, 2.75) is 32.8 Å². The molecule has 1 saturated heterocycles. The summed E-state index contributed by atoms with van der Waals surface area (Å²) in [7, 11) is 1.84. The number of anilines is 1. The van der Waals surface area contributed by atoms with E-state index in [0.29, 0.717) is 0 Å². The first-order chi connectivity index (χ1) is 8.08. The van der Waals surface area contributed by atoms with Crippen LogP contribution in [0.3, 0.4) is 0 Å². The van der Waals surface area contributed by atoms with Gasteiger partial charge in [-0.05, 0) is 26.7 Å². The summed E-state index contributed by atoms with van der Waals surface area (Å²) in [5, 5.41) is 7.13. The molecule has 2 heterocycles. The summed E-state index contributed by atoms with van der Waals surface area (Å²) in [6, 6.07) is 0. The molecule has 2 atom stereocenters. The Balaban J connectivity index is 2.03. The highest BCUT2D eigenvalue weighted by molar-refractivity contribution is 5.93. The number of amides is 1. The molecule has 0 radical (unpaired) electrons. The lowest BCUT2D eigenvalue weighted by molar-refractivity contribution is -0.127. The van der Waals surface area contributed by atoms with Crippen LogP contribution < -0.4 is 5.32 Å². The van der Waals surface area contributed by atoms with E-state index in [-0.39, 0.29) is 17.9 Å². The van der Waals surface area contributed by atoms with Crippen LogP contribution in [0.2, 0.25) is 0 Å². The molecule has 1 amide bonds. The third-order valence-electron chi connectivity index (χ3n) is 3.21. The first kappa shape index (κ1) is 12.1. The Hall–Kier alpha value is -1.36. The lowest BCUT2D eigenvalue weighted by Gasteiger charge is -2.27. The summed E-state index contributed by atoms with van der Waals surface area (Å²) in [5.74, 6) is -0.0170. The van der Waals surface area contributed by atoms with Gasteiger partial charge in [-0.1, -0.05) is 0 Å². The quantitative estimate of drug-likeness (QED) is 0.847. The number of carbonyl (C=O) groups excluding carboxylic acids is 1. The van der Waals surface area contributed by atoms with Gasteiger partial charge in [-0.2, -0.15) is 5.10 Å². The minimum Gasteiger partial charge on any atom is -0.378 e. The third kappa shape index (κ3) is 2.66. The van der Waals surface area contributed by atoms with Crippen LogP contribution in [0.4, 0.5) is 5.69 Å². The lowest BCUT2D eigenvalue weighted by atomic mass is 9.94. The number of hydrogen-bond donors (Lipinski definition) is 1. The molecule has 1 aliphatic rings. The number of carbonyl (C=O) groups is 1. The maximum absolute atomic E-state index is 12.1. The molecule has 0 aliphatic carbocycles. The second kappa shape index (κ2) is 4.87. The van der Waals surface area contributed by atoms with Crippen molar-refractivity contribution >= 4 is 11.6 Å². The lowest BCUT2D eigenvalue weighted by Crippen LogP contribution is -2.36. The highest BCUT2D eigenvalue weighted by atomic mass is 16.5. The fraction of sp³-hybridized carbons (Fsp3) is 0.667. The van der Waals surface area contributed by atoms with Gasteiger partial charge in [-0.15, -0.1) is 0 Å². The van der Waals surface area contributed by atoms with Crippen LogP contribution in [-0.4, -0.2) is 28.4 Å². The Morgan fingerprint density at radius 1 is 1.65 bits per heavy atom. The summed E-state index contributed by atoms with van der Waals surface area (Å²) < 4.78 is 7.20. The van der Waals surface area contributed by atoms with E-state index in [9.17, 15) is 4.79 Å². The average molecular weight is 237 g/mol. The Bertz CT molecular complexity index is 414. The van der Waals surface area contributed by atoms with E-state index in [1.165, 1.54) is 0 Å². The van der Waals surface area contributed by atoms with Crippen molar-refractivity contribution in [2.75, 3.05) is 11.9 Å². The van der Waals surface area contributed by atoms with E-state index >= 15 is 0 Å². The molecule has 94 valence electrons. The van der Waals surface area contributed by atoms with Crippen molar-refractivity contribution in [3.63, 3.8) is 0 Å². The standard InChI is InChI=1S/C12H19N3O2/c1-8-11(7-15(3)14-8)13-12(16)10-5-4-6-17-9(10)2/h7,9-10H,4-6H2,1-3H3,(H,13,16). The molecule has 0 saturated carbocycles. The SMILES string of the molecule is Cc1nn(C)cc1NC(=O)C1CCCOC1C. The molecule has 1 aromatic rings. The number of ether oxygens (including phenoxy) is 1. The number of aryl methyl sites for hydroxylation is 2. The molecule has 1 N–H and O–H groups in total. The van der Waals surface area contributed by atoms with Crippen LogP contribution in [-0.2, 0) is 16.6 Å². The van der Waals surface area contributed by atoms with Crippen molar-refractivity contribution in [3.8, 4) is 0 Å². The fourth-order valence-electron chi connectivity index (χ4n) is 2.22. The van der Waals surface area contributed by atoms with E-state index in [0.717, 1.165) is 30.8 Å². The number of hydrogen-bond acceptors (Lipinski definition) is 3. The monoisotopic (exact) mass is 237 g/mol. The van der Waals surface area contributed by atoms with Gasteiger partial charge in [0.25, 0.3) is 0 Å². The molecule has 2 rings (SSSR count). The highest BCUT2D eigenvalue weighted by Crippen LogP contribution is 2.23. The van der Waals surface area contributed by atoms with Gasteiger partial charge in [0.1, 0.15) is 0 Å². The van der Waals surface area contributed by atoms with Gasteiger partial charge in [0.05, 0.1) is 23.4 Å². The van der Waals surface area contributed by atoms with E-state index in [2.05, 4.69) is 10.4 Å². The molecule has 0 aromatic carbocycles. The van der Waals surface area contributed by atoms with E-state index in [1.54, 1.807) is 4.68 Å². The van der Waals surface area contributed by atoms with Gasteiger partial charge >= 0.3 is 0 Å². The normalized spacial score (nSPS) is 24.6. The van der Waals surface area contributed by atoms with Crippen molar-refractivity contribution in [1.29, 1.82) is 0 Å². The van der Waals surface area contributed by atoms with E-state index in [1.807, 2.05) is 27.1 Å². The molecule has 17 heavy (non-hydrogen) atoms. The number of aromatic nitrogens is 2. The molecule has 5 heteroatoms. The fourth-order valence-corrected chi connectivity index (χ4v) is 2.22. The Kier molecular flexibility index (Phi) is 3.47. The molecule has 0 bridgehead atoms. The van der Waals surface area contributed by atoms with Gasteiger partial charge in [0.15, 0.2) is 0 Å². The summed E-state index contributed by atoms with van der Waals surface area (Å²) >= 11 is 0. The van der Waals surface area contributed by atoms with Crippen molar-refractivity contribution in [3.05, 3.63) is 11.9 Å². The first-order valence-corrected chi connectivity index (χ1v) is 6.00. The first-order valence-electron chi connectivity index (χ1n) is 6.00. The van der Waals surface area contributed by atoms with E-state index in [4.69, 9.17) is 4.74 Å². The topological polar surface area (TPSA) is 56.2 Å². The van der Waals surface area contributed by atoms with Gasteiger partial charge < -0.3 is 10.1 Å². The van der Waals surface area contributed by atoms with E-state index < -0.39 is 0 Å². The van der Waals surface area contributed by atoms with Crippen LogP contribution in [0.15, 0.2) is 6.20 Å². The largest absolute Gasteiger partial charge is 0.378 e. The van der Waals surface area contributed by atoms with Gasteiger partial charge in [-0.3, -0.25) is 9.48 Å². The smallest absolute Gasteiger partial charge is 0.230 e. The van der Waals surface area contributed by atoms with Crippen molar-refractivity contribution < 1.29 is 9.53 Å². The molecule has 1 fully saturated rings. The number of rotatable bonds is 2. The molecule has 1 aliphatic heterocycles. The molecular formula is C12H19N3O2. The molecular weight excluding hydrogens is 218 g/mol. The van der Waals surface area contributed by atoms with Crippen LogP contribution >= 0.6 is 0 Å². The van der Waals surface area contributed by atoms with Gasteiger partial charge in [0, 0.05) is 19.9 Å². The summed E-state index contributed by atoms with van der Waals surface area (Å²) in [4.78, 5) is 12.1. The van der Waals surface area contributed by atoms with Crippen LogP contribution in [0.5, 0.6) is 0 Å². The summed E-state index contributed by atoms with van der Waals surface area (Å²) in [6.45, 7) is 4.60. The van der Waals surface area contributed by atoms with Gasteiger partial charge in [-0.25, -0.2) is 0 Å². The van der Waals surface area contributed by atoms with Crippen molar-refractivity contribution in [1.82, 2.24) is 9.78 Å². The summed E-state index contributed by atoms with van der Waals surface area (Å²) in [5.41, 5.74) is 1.63. The third-order valence-corrected chi connectivity index (χ3v) is 3.21. The minimum absolute atomic E-state index is 0.000674. The van der Waals surface area contributed by atoms with Gasteiger partial charge in [0.2, 0.25) is 5.91 Å². The van der Waals surface area contributed by atoms with Crippen LogP contribution in [0.25, 0.3) is 0 Å². The second-order valence-corrected chi connectivity index (χ2v) is 4.62. The Labute approximate surface area is 101 Å². The molecule has 2 unspecified atom stereocenters. The zero-order valence-corrected chi connectivity index (χ0v) is 10.6. The maximum atomic E-state index is 12.1. The highest BCUT2D eigenvalue weighted by Gasteiger charge is 2.29. The predicted octanol–water partition coefficient (Wildman–Crippen LogP) is 1.48. The molecule has 5 nitrogen and oxygen atoms in total. The zero-order valence-electron chi connectivity index (χ0n) is 10.6. The number of nitrogens with zero attached hydrogens (tertiary/aromatic N) is 2. The molecule has 1 aromatic heterocycles. The molecule has 0 spiro atoms. The van der Waals surface area contributed by atoms with Crippen LogP contribution in [0.1, 0.15) is 25.5 Å². The summed E-state index contributed by atoms with van der Waals surface area (Å²) in [6.07, 6.45) is 3.67. The predicted molar refractivity (Wildman–Crippen MR) is 64.7 cm³/mol. The average Bonchev–Trinajstić information content (AvgIpc) is 2.58. The zero-order chi connectivity index (χ0) is 12.4. The Morgan fingerprint density at radius 2 is 2.41 bits per heavy atom. The Morgan fingerprint density at radius 3 is 3.00 bits per heavy atom. The number of nitrogens with one attached hydrogen (secondary N) is 1. The van der Waals surface area contributed by atoms with Crippen molar-refractivity contribution in [2.24, 2.45) is 13.0 Å². The second-order valence-electron chi connectivity index (χ2n) is 4.62. The van der Waals surface area contributed by atoms with Crippen LogP contribution in [0, 0.1) is 12.8 Å². The maximum Gasteiger partial charge on any atom is 0.230 e. The minimum atomic E-state index is -0.0524.